The molecular weight excluding hydrogens is 198 g/mol. The van der Waals surface area contributed by atoms with Crippen molar-refractivity contribution in [1.29, 1.82) is 0 Å². The third-order valence-electron chi connectivity index (χ3n) is 2.23. The van der Waals surface area contributed by atoms with Crippen LogP contribution in [0.3, 0.4) is 0 Å². The second-order valence-corrected chi connectivity index (χ2v) is 3.20. The molecule has 0 saturated heterocycles. The Labute approximate surface area is 84.4 Å². The van der Waals surface area contributed by atoms with E-state index in [9.17, 15) is 9.59 Å². The lowest BCUT2D eigenvalue weighted by molar-refractivity contribution is -0.140. The van der Waals surface area contributed by atoms with Gasteiger partial charge in [-0.15, -0.1) is 0 Å². The largest absolute Gasteiger partial charge is 0.480 e. The van der Waals surface area contributed by atoms with E-state index in [1.165, 1.54) is 13.3 Å². The van der Waals surface area contributed by atoms with Crippen molar-refractivity contribution in [3.63, 3.8) is 0 Å². The van der Waals surface area contributed by atoms with Gasteiger partial charge in [0.2, 0.25) is 0 Å². The number of hydrogen-bond donors (Lipinski definition) is 1. The zero-order valence-electron chi connectivity index (χ0n) is 7.99. The van der Waals surface area contributed by atoms with E-state index in [-0.39, 0.29) is 0 Å². The highest BCUT2D eigenvalue weighted by molar-refractivity contribution is 5.71. The van der Waals surface area contributed by atoms with Crippen LogP contribution in [0.4, 0.5) is 0 Å². The van der Waals surface area contributed by atoms with Crippen molar-refractivity contribution in [2.45, 2.75) is 13.0 Å². The zero-order chi connectivity index (χ0) is 11.0. The third-order valence-corrected chi connectivity index (χ3v) is 2.23. The Morgan fingerprint density at radius 3 is 3.00 bits per heavy atom. The molecule has 6 heteroatoms. The number of hydrogen-bond acceptors (Lipinski definition) is 3. The van der Waals surface area contributed by atoms with Crippen molar-refractivity contribution >= 4 is 11.5 Å². The summed E-state index contributed by atoms with van der Waals surface area (Å²) in [6.45, 7) is 1.41. The van der Waals surface area contributed by atoms with Gasteiger partial charge < -0.3 is 9.51 Å². The van der Waals surface area contributed by atoms with Gasteiger partial charge in [0, 0.05) is 6.20 Å². The summed E-state index contributed by atoms with van der Waals surface area (Å²) in [5.41, 5.74) is 0.00972. The van der Waals surface area contributed by atoms with Crippen LogP contribution in [0.15, 0.2) is 29.5 Å². The first-order chi connectivity index (χ1) is 7.11. The van der Waals surface area contributed by atoms with Gasteiger partial charge in [0.15, 0.2) is 6.04 Å². The van der Waals surface area contributed by atoms with E-state index in [1.807, 2.05) is 0 Å². The fourth-order valence-corrected chi connectivity index (χ4v) is 1.34. The van der Waals surface area contributed by atoms with E-state index in [1.54, 1.807) is 22.7 Å². The summed E-state index contributed by atoms with van der Waals surface area (Å²) in [6, 6.07) is 2.36. The third kappa shape index (κ3) is 1.39. The zero-order valence-corrected chi connectivity index (χ0v) is 7.99. The highest BCUT2D eigenvalue weighted by atomic mass is 16.4. The number of carboxylic acids is 1. The fourth-order valence-electron chi connectivity index (χ4n) is 1.34. The molecule has 6 nitrogen and oxygen atoms in total. The Morgan fingerprint density at radius 2 is 2.33 bits per heavy atom. The number of aromatic nitrogens is 3. The maximum atomic E-state index is 11.8. The summed E-state index contributed by atoms with van der Waals surface area (Å²) < 4.78 is 2.51. The Hall–Kier alpha value is -2.11. The summed E-state index contributed by atoms with van der Waals surface area (Å²) >= 11 is 0. The number of nitrogens with zero attached hydrogens (tertiary/aromatic N) is 3. The lowest BCUT2D eigenvalue weighted by Gasteiger charge is -2.08. The SMILES string of the molecule is CC(C(=O)O)n1ncn2cccc2c1=O. The number of carbonyl (C=O) groups is 1. The Morgan fingerprint density at radius 1 is 1.60 bits per heavy atom. The van der Waals surface area contributed by atoms with Gasteiger partial charge in [0.1, 0.15) is 11.8 Å². The Balaban J connectivity index is 2.67. The van der Waals surface area contributed by atoms with Crippen LogP contribution in [0, 0.1) is 0 Å². The van der Waals surface area contributed by atoms with Gasteiger partial charge in [-0.25, -0.2) is 9.48 Å². The minimum Gasteiger partial charge on any atom is -0.480 e. The van der Waals surface area contributed by atoms with Gasteiger partial charge in [-0.05, 0) is 19.1 Å². The first kappa shape index (κ1) is 9.45. The molecule has 0 aliphatic carbocycles. The number of rotatable bonds is 2. The Kier molecular flexibility index (Phi) is 2.03. The smallest absolute Gasteiger partial charge is 0.328 e. The second kappa shape index (κ2) is 3.23. The predicted molar refractivity (Wildman–Crippen MR) is 51.8 cm³/mol. The van der Waals surface area contributed by atoms with E-state index >= 15 is 0 Å². The van der Waals surface area contributed by atoms with Crippen LogP contribution in [0.2, 0.25) is 0 Å². The molecule has 0 saturated carbocycles. The van der Waals surface area contributed by atoms with Gasteiger partial charge in [0.05, 0.1) is 0 Å². The minimum atomic E-state index is -1.08. The van der Waals surface area contributed by atoms with Crippen molar-refractivity contribution < 1.29 is 9.90 Å². The van der Waals surface area contributed by atoms with Crippen molar-refractivity contribution in [3.05, 3.63) is 35.0 Å². The van der Waals surface area contributed by atoms with Gasteiger partial charge in [-0.3, -0.25) is 4.79 Å². The van der Waals surface area contributed by atoms with Crippen LogP contribution >= 0.6 is 0 Å². The van der Waals surface area contributed by atoms with Crippen molar-refractivity contribution in [3.8, 4) is 0 Å². The van der Waals surface area contributed by atoms with Crippen molar-refractivity contribution in [2.75, 3.05) is 0 Å². The molecule has 2 heterocycles. The molecule has 0 fully saturated rings. The second-order valence-electron chi connectivity index (χ2n) is 3.20. The highest BCUT2D eigenvalue weighted by Gasteiger charge is 2.16. The normalized spacial score (nSPS) is 12.9. The van der Waals surface area contributed by atoms with Gasteiger partial charge in [-0.2, -0.15) is 5.10 Å². The molecule has 1 unspecified atom stereocenters. The lowest BCUT2D eigenvalue weighted by Crippen LogP contribution is -2.31. The molecule has 1 atom stereocenters. The average molecular weight is 207 g/mol. The molecule has 1 N–H and O–H groups in total. The van der Waals surface area contributed by atoms with Crippen LogP contribution in [0.5, 0.6) is 0 Å². The fraction of sp³-hybridized carbons (Fsp3) is 0.222. The molecule has 0 spiro atoms. The topological polar surface area (TPSA) is 76.6 Å². The van der Waals surface area contributed by atoms with Gasteiger partial charge in [0.25, 0.3) is 5.56 Å². The molecule has 0 aliphatic heterocycles. The first-order valence-corrected chi connectivity index (χ1v) is 4.38. The standard InChI is InChI=1S/C9H9N3O3/c1-6(9(14)15)12-8(13)7-3-2-4-11(7)5-10-12/h2-6H,1H3,(H,14,15). The van der Waals surface area contributed by atoms with Crippen LogP contribution in [-0.4, -0.2) is 25.3 Å². The van der Waals surface area contributed by atoms with E-state index in [4.69, 9.17) is 5.11 Å². The highest BCUT2D eigenvalue weighted by Crippen LogP contribution is 2.02. The minimum absolute atomic E-state index is 0.405. The molecular formula is C9H9N3O3. The summed E-state index contributed by atoms with van der Waals surface area (Å²) in [7, 11) is 0. The predicted octanol–water partition coefficient (Wildman–Crippen LogP) is 0.142. The number of fused-ring (bicyclic) bond motifs is 1. The van der Waals surface area contributed by atoms with Crippen LogP contribution < -0.4 is 5.56 Å². The van der Waals surface area contributed by atoms with E-state index < -0.39 is 17.6 Å². The summed E-state index contributed by atoms with van der Waals surface area (Å²) in [5.74, 6) is -1.08. The number of aliphatic carboxylic acids is 1. The molecule has 2 aromatic rings. The maximum Gasteiger partial charge on any atom is 0.328 e. The van der Waals surface area contributed by atoms with Crippen LogP contribution in [-0.2, 0) is 4.79 Å². The maximum absolute atomic E-state index is 11.8. The summed E-state index contributed by atoms with van der Waals surface area (Å²) in [5, 5.41) is 12.6. The molecule has 78 valence electrons. The lowest BCUT2D eigenvalue weighted by atomic mass is 10.3. The molecule has 0 aliphatic rings. The quantitative estimate of drug-likeness (QED) is 0.760. The summed E-state index contributed by atoms with van der Waals surface area (Å²) in [4.78, 5) is 22.5. The average Bonchev–Trinajstić information content (AvgIpc) is 2.66. The summed E-state index contributed by atoms with van der Waals surface area (Å²) in [6.07, 6.45) is 3.09. The van der Waals surface area contributed by atoms with Crippen LogP contribution in [0.25, 0.3) is 5.52 Å². The molecule has 0 bridgehead atoms. The molecule has 2 rings (SSSR count). The molecule has 0 aromatic carbocycles. The molecule has 0 amide bonds. The van der Waals surface area contributed by atoms with Crippen molar-refractivity contribution in [2.24, 2.45) is 0 Å². The molecule has 15 heavy (non-hydrogen) atoms. The van der Waals surface area contributed by atoms with E-state index in [2.05, 4.69) is 5.10 Å². The van der Waals surface area contributed by atoms with E-state index in [0.29, 0.717) is 5.52 Å². The molecule has 2 aromatic heterocycles. The number of carboxylic acid groups (broad SMARTS) is 1. The van der Waals surface area contributed by atoms with E-state index in [0.717, 1.165) is 4.68 Å². The monoisotopic (exact) mass is 207 g/mol. The van der Waals surface area contributed by atoms with Crippen LogP contribution in [0.1, 0.15) is 13.0 Å². The first-order valence-electron chi connectivity index (χ1n) is 4.38. The van der Waals surface area contributed by atoms with Crippen molar-refractivity contribution in [1.82, 2.24) is 14.2 Å². The van der Waals surface area contributed by atoms with Gasteiger partial charge >= 0.3 is 5.97 Å². The molecule has 0 radical (unpaired) electrons. The Bertz CT molecular complexity index is 569. The van der Waals surface area contributed by atoms with Gasteiger partial charge in [-0.1, -0.05) is 0 Å².